The Balaban J connectivity index is 1.46. The molecule has 0 aliphatic heterocycles. The first-order valence-electron chi connectivity index (χ1n) is 12.4. The Labute approximate surface area is 165 Å². The second kappa shape index (κ2) is 14.0. The van der Waals surface area contributed by atoms with E-state index in [-0.39, 0.29) is 0 Å². The average molecular weight is 365 g/mol. The molecule has 0 spiro atoms. The first-order valence-corrected chi connectivity index (χ1v) is 12.4. The molecule has 2 aliphatic rings. The van der Waals surface area contributed by atoms with Crippen molar-refractivity contribution in [2.75, 3.05) is 13.2 Å². The fourth-order valence-electron chi connectivity index (χ4n) is 5.35. The van der Waals surface area contributed by atoms with Gasteiger partial charge in [-0.2, -0.15) is 0 Å². The fourth-order valence-corrected chi connectivity index (χ4v) is 5.35. The molecule has 0 N–H and O–H groups in total. The van der Waals surface area contributed by atoms with Crippen LogP contribution in [0.1, 0.15) is 123 Å². The van der Waals surface area contributed by atoms with Crippen molar-refractivity contribution in [2.24, 2.45) is 23.7 Å². The lowest BCUT2D eigenvalue weighted by Gasteiger charge is -2.32. The lowest BCUT2D eigenvalue weighted by atomic mass is 9.75. The maximum Gasteiger partial charge on any atom is 0.0494 e. The van der Waals surface area contributed by atoms with E-state index in [4.69, 9.17) is 4.74 Å². The minimum atomic E-state index is 0.867. The molecule has 1 heteroatoms. The van der Waals surface area contributed by atoms with Gasteiger partial charge >= 0.3 is 0 Å². The Morgan fingerprint density at radius 1 is 0.538 bits per heavy atom. The van der Waals surface area contributed by atoms with Crippen molar-refractivity contribution in [3.8, 4) is 0 Å². The third kappa shape index (κ3) is 9.25. The molecule has 0 unspecified atom stereocenters. The number of hydrogen-bond acceptors (Lipinski definition) is 1. The number of unbranched alkanes of at least 4 members (excludes halogenated alkanes) is 4. The molecule has 0 radical (unpaired) electrons. The number of hydrogen-bond donors (Lipinski definition) is 0. The van der Waals surface area contributed by atoms with Gasteiger partial charge in [0.15, 0.2) is 0 Å². The van der Waals surface area contributed by atoms with E-state index in [0.29, 0.717) is 0 Å². The topological polar surface area (TPSA) is 9.23 Å². The Morgan fingerprint density at radius 3 is 1.54 bits per heavy atom. The standard InChI is InChI=1S/C25H48O/c1-3-5-7-9-22-10-12-23(13-11-22)14-15-24-16-18-25(19-17-24)21-26-20-8-6-4-2/h22-25H,3-21H2,1-2H3/t22-,23-,24-,25-. The van der Waals surface area contributed by atoms with Crippen LogP contribution in [0.15, 0.2) is 0 Å². The summed E-state index contributed by atoms with van der Waals surface area (Å²) in [4.78, 5) is 0. The summed E-state index contributed by atoms with van der Waals surface area (Å²) in [7, 11) is 0. The van der Waals surface area contributed by atoms with Crippen molar-refractivity contribution in [3.63, 3.8) is 0 Å². The monoisotopic (exact) mass is 364 g/mol. The van der Waals surface area contributed by atoms with E-state index in [1.165, 1.54) is 109 Å². The third-order valence-corrected chi connectivity index (χ3v) is 7.38. The van der Waals surface area contributed by atoms with Crippen LogP contribution < -0.4 is 0 Å². The highest BCUT2D eigenvalue weighted by atomic mass is 16.5. The zero-order chi connectivity index (χ0) is 18.5. The van der Waals surface area contributed by atoms with Crippen LogP contribution in [0.3, 0.4) is 0 Å². The summed E-state index contributed by atoms with van der Waals surface area (Å²) in [5, 5.41) is 0. The van der Waals surface area contributed by atoms with Gasteiger partial charge < -0.3 is 4.74 Å². The number of ether oxygens (including phenoxy) is 1. The number of rotatable bonds is 13. The summed E-state index contributed by atoms with van der Waals surface area (Å²) in [5.41, 5.74) is 0. The molecule has 0 aromatic heterocycles. The van der Waals surface area contributed by atoms with Crippen LogP contribution in [-0.4, -0.2) is 13.2 Å². The van der Waals surface area contributed by atoms with Gasteiger partial charge in [0.2, 0.25) is 0 Å². The lowest BCUT2D eigenvalue weighted by Crippen LogP contribution is -2.20. The summed E-state index contributed by atoms with van der Waals surface area (Å²) in [6.45, 7) is 6.62. The molecule has 1 nitrogen and oxygen atoms in total. The molecule has 154 valence electrons. The smallest absolute Gasteiger partial charge is 0.0494 e. The zero-order valence-corrected chi connectivity index (χ0v) is 18.2. The van der Waals surface area contributed by atoms with Gasteiger partial charge in [0, 0.05) is 13.2 Å². The van der Waals surface area contributed by atoms with Crippen molar-refractivity contribution in [2.45, 2.75) is 123 Å². The predicted octanol–water partition coefficient (Wildman–Crippen LogP) is 8.17. The van der Waals surface area contributed by atoms with E-state index in [0.717, 1.165) is 36.9 Å². The van der Waals surface area contributed by atoms with E-state index in [1.807, 2.05) is 0 Å². The molecule has 0 bridgehead atoms. The molecule has 0 aromatic rings. The molecule has 2 saturated carbocycles. The van der Waals surface area contributed by atoms with Gasteiger partial charge in [0.25, 0.3) is 0 Å². The van der Waals surface area contributed by atoms with E-state index >= 15 is 0 Å². The molecule has 0 aromatic carbocycles. The summed E-state index contributed by atoms with van der Waals surface area (Å²) in [6.07, 6.45) is 24.8. The zero-order valence-electron chi connectivity index (χ0n) is 18.2. The van der Waals surface area contributed by atoms with Crippen LogP contribution in [-0.2, 0) is 4.74 Å². The van der Waals surface area contributed by atoms with Crippen LogP contribution in [0.2, 0.25) is 0 Å². The van der Waals surface area contributed by atoms with E-state index in [2.05, 4.69) is 13.8 Å². The summed E-state index contributed by atoms with van der Waals surface area (Å²) in [5.74, 6) is 4.04. The van der Waals surface area contributed by atoms with E-state index < -0.39 is 0 Å². The van der Waals surface area contributed by atoms with Gasteiger partial charge in [-0.15, -0.1) is 0 Å². The van der Waals surface area contributed by atoms with Crippen molar-refractivity contribution < 1.29 is 4.74 Å². The minimum absolute atomic E-state index is 0.867. The maximum absolute atomic E-state index is 5.91. The SMILES string of the molecule is CCCCCOC[C@H]1CC[C@H](CC[C@H]2CC[C@H](CCCCC)CC2)CC1. The Hall–Kier alpha value is -0.0400. The van der Waals surface area contributed by atoms with Gasteiger partial charge in [0.1, 0.15) is 0 Å². The summed E-state index contributed by atoms with van der Waals surface area (Å²) in [6, 6.07) is 0. The quantitative estimate of drug-likeness (QED) is 0.299. The lowest BCUT2D eigenvalue weighted by molar-refractivity contribution is 0.0736. The minimum Gasteiger partial charge on any atom is -0.381 e. The largest absolute Gasteiger partial charge is 0.381 e. The molecule has 0 atom stereocenters. The third-order valence-electron chi connectivity index (χ3n) is 7.38. The highest BCUT2D eigenvalue weighted by Crippen LogP contribution is 2.37. The van der Waals surface area contributed by atoms with Crippen molar-refractivity contribution in [1.82, 2.24) is 0 Å². The Morgan fingerprint density at radius 2 is 1.00 bits per heavy atom. The van der Waals surface area contributed by atoms with Crippen LogP contribution in [0.25, 0.3) is 0 Å². The second-order valence-corrected chi connectivity index (χ2v) is 9.63. The molecule has 0 saturated heterocycles. The molecule has 0 heterocycles. The molecule has 2 rings (SSSR count). The van der Waals surface area contributed by atoms with Gasteiger partial charge in [0.05, 0.1) is 0 Å². The van der Waals surface area contributed by atoms with E-state index in [1.54, 1.807) is 0 Å². The fraction of sp³-hybridized carbons (Fsp3) is 1.00. The van der Waals surface area contributed by atoms with Crippen LogP contribution in [0, 0.1) is 23.7 Å². The average Bonchev–Trinajstić information content (AvgIpc) is 2.68. The van der Waals surface area contributed by atoms with E-state index in [9.17, 15) is 0 Å². The Bertz CT molecular complexity index is 310. The van der Waals surface area contributed by atoms with Crippen molar-refractivity contribution >= 4 is 0 Å². The summed E-state index contributed by atoms with van der Waals surface area (Å²) < 4.78 is 5.91. The molecule has 2 fully saturated rings. The van der Waals surface area contributed by atoms with Gasteiger partial charge in [-0.25, -0.2) is 0 Å². The predicted molar refractivity (Wildman–Crippen MR) is 115 cm³/mol. The van der Waals surface area contributed by atoms with Crippen LogP contribution >= 0.6 is 0 Å². The molecule has 26 heavy (non-hydrogen) atoms. The normalized spacial score (nSPS) is 29.8. The first kappa shape index (κ1) is 22.3. The Kier molecular flexibility index (Phi) is 12.0. The van der Waals surface area contributed by atoms with Crippen LogP contribution in [0.5, 0.6) is 0 Å². The van der Waals surface area contributed by atoms with Crippen molar-refractivity contribution in [3.05, 3.63) is 0 Å². The molecular formula is C25H48O. The molecular weight excluding hydrogens is 316 g/mol. The maximum atomic E-state index is 5.91. The van der Waals surface area contributed by atoms with Crippen molar-refractivity contribution in [1.29, 1.82) is 0 Å². The second-order valence-electron chi connectivity index (χ2n) is 9.63. The first-order chi connectivity index (χ1) is 12.8. The van der Waals surface area contributed by atoms with Gasteiger partial charge in [-0.05, 0) is 42.9 Å². The van der Waals surface area contributed by atoms with Gasteiger partial charge in [-0.1, -0.05) is 104 Å². The highest BCUT2D eigenvalue weighted by molar-refractivity contribution is 4.77. The molecule has 0 amide bonds. The van der Waals surface area contributed by atoms with Crippen LogP contribution in [0.4, 0.5) is 0 Å². The summed E-state index contributed by atoms with van der Waals surface area (Å²) >= 11 is 0. The highest BCUT2D eigenvalue weighted by Gasteiger charge is 2.24. The van der Waals surface area contributed by atoms with Gasteiger partial charge in [-0.3, -0.25) is 0 Å². The molecule has 2 aliphatic carbocycles.